The van der Waals surface area contributed by atoms with Crippen molar-refractivity contribution in [1.29, 1.82) is 0 Å². The zero-order valence-electron chi connectivity index (χ0n) is 17.2. The Morgan fingerprint density at radius 2 is 1.79 bits per heavy atom. The molecule has 29 heavy (non-hydrogen) atoms. The molecule has 1 heterocycles. The summed E-state index contributed by atoms with van der Waals surface area (Å²) in [5.74, 6) is 3.37. The van der Waals surface area contributed by atoms with Gasteiger partial charge in [-0.1, -0.05) is 42.1 Å². The van der Waals surface area contributed by atoms with E-state index in [1.54, 1.807) is 0 Å². The van der Waals surface area contributed by atoms with Crippen LogP contribution >= 0.6 is 11.8 Å². The van der Waals surface area contributed by atoms with Crippen molar-refractivity contribution >= 4 is 17.7 Å². The number of hydrogen-bond acceptors (Lipinski definition) is 3. The van der Waals surface area contributed by atoms with E-state index < -0.39 is 0 Å². The normalized spacial score (nSPS) is 29.9. The summed E-state index contributed by atoms with van der Waals surface area (Å²) in [5.41, 5.74) is 3.81. The zero-order valence-corrected chi connectivity index (χ0v) is 18.1. The molecule has 0 unspecified atom stereocenters. The summed E-state index contributed by atoms with van der Waals surface area (Å²) in [5, 5.41) is 4.12. The molecule has 1 aromatic carbocycles. The average Bonchev–Trinajstić information content (AvgIpc) is 3.04. The second kappa shape index (κ2) is 7.82. The molecular weight excluding hydrogens is 378 g/mol. The Hall–Kier alpha value is -1.75. The lowest BCUT2D eigenvalue weighted by Gasteiger charge is -2.56. The number of hydrogen-bond donors (Lipinski definition) is 2. The molecule has 1 amide bonds. The number of nitrogens with one attached hydrogen (secondary N) is 2. The van der Waals surface area contributed by atoms with Crippen LogP contribution in [0.1, 0.15) is 55.5 Å². The zero-order chi connectivity index (χ0) is 19.8. The maximum atomic E-state index is 12.5. The van der Waals surface area contributed by atoms with E-state index in [0.29, 0.717) is 11.2 Å². The van der Waals surface area contributed by atoms with Crippen LogP contribution in [0.3, 0.4) is 0 Å². The summed E-state index contributed by atoms with van der Waals surface area (Å²) in [6.07, 6.45) is 9.19. The number of aryl methyl sites for hydroxylation is 1. The number of aromatic nitrogens is 2. The highest BCUT2D eigenvalue weighted by atomic mass is 32.2. The van der Waals surface area contributed by atoms with E-state index in [0.717, 1.165) is 47.3 Å². The minimum absolute atomic E-state index is 0.143. The highest BCUT2D eigenvalue weighted by molar-refractivity contribution is 7.99. The molecule has 0 saturated heterocycles. The van der Waals surface area contributed by atoms with Gasteiger partial charge in [0, 0.05) is 18.7 Å². The molecule has 6 rings (SSSR count). The molecule has 4 bridgehead atoms. The smallest absolute Gasteiger partial charge is 0.230 e. The summed E-state index contributed by atoms with van der Waals surface area (Å²) in [6, 6.07) is 10.4. The lowest BCUT2D eigenvalue weighted by atomic mass is 9.49. The van der Waals surface area contributed by atoms with Gasteiger partial charge in [0.2, 0.25) is 5.91 Å². The van der Waals surface area contributed by atoms with Crippen LogP contribution in [0.5, 0.6) is 0 Å². The second-order valence-corrected chi connectivity index (χ2v) is 10.7. The van der Waals surface area contributed by atoms with Crippen LogP contribution in [-0.4, -0.2) is 28.2 Å². The summed E-state index contributed by atoms with van der Waals surface area (Å²) >= 11 is 1.51. The highest BCUT2D eigenvalue weighted by Crippen LogP contribution is 2.59. The molecule has 154 valence electrons. The van der Waals surface area contributed by atoms with Crippen LogP contribution in [0, 0.1) is 30.1 Å². The van der Waals surface area contributed by atoms with E-state index in [-0.39, 0.29) is 5.91 Å². The molecule has 4 aliphatic rings. The maximum absolute atomic E-state index is 12.5. The van der Waals surface area contributed by atoms with Crippen molar-refractivity contribution in [2.45, 2.75) is 57.0 Å². The minimum Gasteiger partial charge on any atom is -0.355 e. The van der Waals surface area contributed by atoms with Gasteiger partial charge in [-0.2, -0.15) is 0 Å². The number of carbonyl (C=O) groups excluding carboxylic acids is 1. The topological polar surface area (TPSA) is 57.8 Å². The number of carbonyl (C=O) groups is 1. The molecule has 2 aromatic rings. The van der Waals surface area contributed by atoms with Gasteiger partial charge in [0.05, 0.1) is 11.4 Å². The van der Waals surface area contributed by atoms with Gasteiger partial charge in [-0.05, 0) is 74.2 Å². The van der Waals surface area contributed by atoms with Crippen molar-refractivity contribution in [3.63, 3.8) is 0 Å². The van der Waals surface area contributed by atoms with E-state index >= 15 is 0 Å². The van der Waals surface area contributed by atoms with Crippen LogP contribution in [0.4, 0.5) is 0 Å². The Labute approximate surface area is 177 Å². The lowest BCUT2D eigenvalue weighted by molar-refractivity contribution is -0.120. The van der Waals surface area contributed by atoms with Crippen molar-refractivity contribution in [2.75, 3.05) is 12.3 Å². The summed E-state index contributed by atoms with van der Waals surface area (Å²) in [6.45, 7) is 2.94. The van der Waals surface area contributed by atoms with Gasteiger partial charge >= 0.3 is 0 Å². The molecule has 1 aromatic heterocycles. The summed E-state index contributed by atoms with van der Waals surface area (Å²) < 4.78 is 0. The van der Waals surface area contributed by atoms with Gasteiger partial charge in [-0.3, -0.25) is 4.79 Å². The molecule has 0 radical (unpaired) electrons. The minimum atomic E-state index is 0.143. The van der Waals surface area contributed by atoms with Crippen LogP contribution in [0.15, 0.2) is 35.5 Å². The number of aromatic amines is 1. The van der Waals surface area contributed by atoms with Gasteiger partial charge in [0.25, 0.3) is 0 Å². The first-order chi connectivity index (χ1) is 14.1. The fourth-order valence-corrected chi connectivity index (χ4v) is 7.24. The van der Waals surface area contributed by atoms with Gasteiger partial charge in [-0.15, -0.1) is 0 Å². The van der Waals surface area contributed by atoms with Crippen molar-refractivity contribution in [1.82, 2.24) is 15.3 Å². The third kappa shape index (κ3) is 4.25. The maximum Gasteiger partial charge on any atom is 0.230 e. The summed E-state index contributed by atoms with van der Waals surface area (Å²) in [7, 11) is 0. The van der Waals surface area contributed by atoms with E-state index in [1.807, 2.05) is 6.07 Å². The number of thioether (sulfide) groups is 1. The number of benzene rings is 1. The monoisotopic (exact) mass is 409 g/mol. The molecule has 5 heteroatoms. The predicted octanol–water partition coefficient (Wildman–Crippen LogP) is 4.73. The number of imidazole rings is 1. The second-order valence-electron chi connectivity index (χ2n) is 9.76. The predicted molar refractivity (Wildman–Crippen MR) is 117 cm³/mol. The first-order valence-electron chi connectivity index (χ1n) is 11.1. The van der Waals surface area contributed by atoms with Crippen LogP contribution < -0.4 is 5.32 Å². The SMILES string of the molecule is Cc1[nH]c(SCC(=O)NCC23CC4CC(CC(C4)C2)C3)nc1Cc1ccccc1. The summed E-state index contributed by atoms with van der Waals surface area (Å²) in [4.78, 5) is 20.6. The van der Waals surface area contributed by atoms with Crippen LogP contribution in [0.25, 0.3) is 0 Å². The Bertz CT molecular complexity index is 840. The van der Waals surface area contributed by atoms with Crippen LogP contribution in [0.2, 0.25) is 0 Å². The fourth-order valence-electron chi connectivity index (χ4n) is 6.47. The molecule has 4 fully saturated rings. The third-order valence-electron chi connectivity index (χ3n) is 7.34. The molecule has 0 atom stereocenters. The number of rotatable bonds is 7. The van der Waals surface area contributed by atoms with Crippen molar-refractivity contribution < 1.29 is 4.79 Å². The molecule has 0 aliphatic heterocycles. The first kappa shape index (κ1) is 19.2. The van der Waals surface area contributed by atoms with Gasteiger partial charge in [0.1, 0.15) is 0 Å². The molecular formula is C24H31N3OS. The van der Waals surface area contributed by atoms with Crippen molar-refractivity contribution in [2.24, 2.45) is 23.2 Å². The molecule has 4 aliphatic carbocycles. The number of H-pyrrole nitrogens is 1. The van der Waals surface area contributed by atoms with E-state index in [2.05, 4.69) is 41.5 Å². The van der Waals surface area contributed by atoms with Gasteiger partial charge < -0.3 is 10.3 Å². The van der Waals surface area contributed by atoms with Crippen molar-refractivity contribution in [3.05, 3.63) is 47.3 Å². The average molecular weight is 410 g/mol. The van der Waals surface area contributed by atoms with E-state index in [4.69, 9.17) is 4.98 Å². The van der Waals surface area contributed by atoms with E-state index in [1.165, 1.54) is 55.9 Å². The highest BCUT2D eigenvalue weighted by Gasteiger charge is 2.50. The standard InChI is InChI=1S/C24H31N3OS/c1-16-21(10-17-5-3-2-4-6-17)27-23(26-16)29-14-22(28)25-15-24-11-18-7-19(12-24)9-20(8-18)13-24/h2-6,18-20H,7-15H2,1H3,(H,25,28)(H,26,27). The lowest BCUT2D eigenvalue weighted by Crippen LogP contribution is -2.51. The third-order valence-corrected chi connectivity index (χ3v) is 8.22. The van der Waals surface area contributed by atoms with Gasteiger partial charge in [-0.25, -0.2) is 4.98 Å². The Balaban J connectivity index is 1.12. The molecule has 4 nitrogen and oxygen atoms in total. The molecule has 2 N–H and O–H groups in total. The molecule has 0 spiro atoms. The number of amides is 1. The Morgan fingerprint density at radius 3 is 2.45 bits per heavy atom. The first-order valence-corrected chi connectivity index (χ1v) is 12.0. The Morgan fingerprint density at radius 1 is 1.14 bits per heavy atom. The van der Waals surface area contributed by atoms with Crippen LogP contribution in [-0.2, 0) is 11.2 Å². The van der Waals surface area contributed by atoms with Crippen molar-refractivity contribution in [3.8, 4) is 0 Å². The number of nitrogens with zero attached hydrogens (tertiary/aromatic N) is 1. The quantitative estimate of drug-likeness (QED) is 0.650. The van der Waals surface area contributed by atoms with Gasteiger partial charge in [0.15, 0.2) is 5.16 Å². The van der Waals surface area contributed by atoms with E-state index in [9.17, 15) is 4.79 Å². The fraction of sp³-hybridized carbons (Fsp3) is 0.583. The molecule has 4 saturated carbocycles. The Kier molecular flexibility index (Phi) is 5.19. The largest absolute Gasteiger partial charge is 0.355 e.